The van der Waals surface area contributed by atoms with E-state index in [4.69, 9.17) is 5.73 Å². The van der Waals surface area contributed by atoms with Crippen molar-refractivity contribution in [2.24, 2.45) is 0 Å². The van der Waals surface area contributed by atoms with Gasteiger partial charge in [-0.05, 0) is 24.6 Å². The standard InChI is InChI=1S/C8H10N2/c1-2-3-7-4-5-8(9)10-6-7/h2-6H,1H3,(H2,9,10)/b3-2-. The Balaban J connectivity index is 2.89. The van der Waals surface area contributed by atoms with E-state index >= 15 is 0 Å². The van der Waals surface area contributed by atoms with Crippen LogP contribution in [0.25, 0.3) is 6.08 Å². The molecule has 1 rings (SSSR count). The molecule has 2 nitrogen and oxygen atoms in total. The predicted octanol–water partition coefficient (Wildman–Crippen LogP) is 1.70. The van der Waals surface area contributed by atoms with Gasteiger partial charge in [0.1, 0.15) is 5.82 Å². The zero-order chi connectivity index (χ0) is 7.40. The molecule has 0 bridgehead atoms. The van der Waals surface area contributed by atoms with Crippen LogP contribution in [-0.4, -0.2) is 4.98 Å². The second-order valence-corrected chi connectivity index (χ2v) is 2.02. The van der Waals surface area contributed by atoms with Gasteiger partial charge in [-0.2, -0.15) is 0 Å². The normalized spacial score (nSPS) is 10.5. The lowest BCUT2D eigenvalue weighted by Crippen LogP contribution is -1.87. The van der Waals surface area contributed by atoms with Crippen molar-refractivity contribution in [1.82, 2.24) is 4.98 Å². The van der Waals surface area contributed by atoms with Crippen LogP contribution in [0.5, 0.6) is 0 Å². The van der Waals surface area contributed by atoms with Crippen LogP contribution in [0.4, 0.5) is 5.82 Å². The summed E-state index contributed by atoms with van der Waals surface area (Å²) in [5, 5.41) is 0. The number of nitrogens with two attached hydrogens (primary N) is 1. The number of allylic oxidation sites excluding steroid dienone is 1. The van der Waals surface area contributed by atoms with E-state index in [1.807, 2.05) is 25.1 Å². The van der Waals surface area contributed by atoms with Crippen molar-refractivity contribution in [2.75, 3.05) is 5.73 Å². The summed E-state index contributed by atoms with van der Waals surface area (Å²) in [5.74, 6) is 0.563. The van der Waals surface area contributed by atoms with Gasteiger partial charge in [0.05, 0.1) is 0 Å². The van der Waals surface area contributed by atoms with Gasteiger partial charge in [0.25, 0.3) is 0 Å². The number of nitrogens with zero attached hydrogens (tertiary/aromatic N) is 1. The summed E-state index contributed by atoms with van der Waals surface area (Å²) >= 11 is 0. The number of anilines is 1. The molecule has 0 fully saturated rings. The van der Waals surface area contributed by atoms with Gasteiger partial charge in [-0.3, -0.25) is 0 Å². The van der Waals surface area contributed by atoms with E-state index < -0.39 is 0 Å². The average molecular weight is 134 g/mol. The summed E-state index contributed by atoms with van der Waals surface area (Å²) in [6.07, 6.45) is 5.69. The summed E-state index contributed by atoms with van der Waals surface area (Å²) < 4.78 is 0. The first-order valence-electron chi connectivity index (χ1n) is 3.17. The van der Waals surface area contributed by atoms with E-state index in [2.05, 4.69) is 4.98 Å². The van der Waals surface area contributed by atoms with Crippen LogP contribution in [0.1, 0.15) is 12.5 Å². The first-order chi connectivity index (χ1) is 4.83. The minimum atomic E-state index is 0.563. The number of rotatable bonds is 1. The first kappa shape index (κ1) is 6.81. The van der Waals surface area contributed by atoms with Crippen LogP contribution in [0.2, 0.25) is 0 Å². The highest BCUT2D eigenvalue weighted by Crippen LogP contribution is 2.02. The fourth-order valence-electron chi connectivity index (χ4n) is 0.708. The van der Waals surface area contributed by atoms with Gasteiger partial charge < -0.3 is 5.73 Å². The molecule has 52 valence electrons. The van der Waals surface area contributed by atoms with E-state index in [1.165, 1.54) is 0 Å². The lowest BCUT2D eigenvalue weighted by molar-refractivity contribution is 1.32. The highest BCUT2D eigenvalue weighted by atomic mass is 14.8. The molecule has 1 heterocycles. The third-order valence-electron chi connectivity index (χ3n) is 1.17. The number of hydrogen-bond donors (Lipinski definition) is 1. The average Bonchev–Trinajstić information content (AvgIpc) is 1.95. The van der Waals surface area contributed by atoms with Gasteiger partial charge in [-0.15, -0.1) is 0 Å². The molecule has 1 aromatic heterocycles. The molecular weight excluding hydrogens is 124 g/mol. The van der Waals surface area contributed by atoms with E-state index in [0.29, 0.717) is 5.82 Å². The van der Waals surface area contributed by atoms with Crippen molar-refractivity contribution in [3.63, 3.8) is 0 Å². The molecule has 0 aromatic carbocycles. The van der Waals surface area contributed by atoms with Crippen LogP contribution >= 0.6 is 0 Å². The molecule has 0 aliphatic heterocycles. The number of nitrogen functional groups attached to an aromatic ring is 1. The van der Waals surface area contributed by atoms with Crippen LogP contribution in [0.3, 0.4) is 0 Å². The topological polar surface area (TPSA) is 38.9 Å². The fourth-order valence-corrected chi connectivity index (χ4v) is 0.708. The van der Waals surface area contributed by atoms with Crippen LogP contribution in [0.15, 0.2) is 24.4 Å². The summed E-state index contributed by atoms with van der Waals surface area (Å²) in [6, 6.07) is 3.72. The third kappa shape index (κ3) is 1.58. The van der Waals surface area contributed by atoms with Crippen LogP contribution in [-0.2, 0) is 0 Å². The molecule has 0 radical (unpaired) electrons. The molecule has 0 aliphatic rings. The maximum absolute atomic E-state index is 5.39. The van der Waals surface area contributed by atoms with E-state index in [0.717, 1.165) is 5.56 Å². The van der Waals surface area contributed by atoms with Gasteiger partial charge in [0, 0.05) is 6.20 Å². The fraction of sp³-hybridized carbons (Fsp3) is 0.125. The highest BCUT2D eigenvalue weighted by Gasteiger charge is 1.85. The molecule has 0 saturated heterocycles. The molecule has 0 spiro atoms. The summed E-state index contributed by atoms with van der Waals surface area (Å²) in [5.41, 5.74) is 6.47. The maximum atomic E-state index is 5.39. The molecule has 0 atom stereocenters. The minimum absolute atomic E-state index is 0.563. The monoisotopic (exact) mass is 134 g/mol. The van der Waals surface area contributed by atoms with Crippen molar-refractivity contribution in [3.05, 3.63) is 30.0 Å². The molecule has 0 saturated carbocycles. The van der Waals surface area contributed by atoms with Gasteiger partial charge in [0.2, 0.25) is 0 Å². The van der Waals surface area contributed by atoms with Gasteiger partial charge in [-0.25, -0.2) is 4.98 Å². The van der Waals surface area contributed by atoms with Crippen LogP contribution < -0.4 is 5.73 Å². The summed E-state index contributed by atoms with van der Waals surface area (Å²) in [7, 11) is 0. The Kier molecular flexibility index (Phi) is 2.05. The van der Waals surface area contributed by atoms with E-state index in [9.17, 15) is 0 Å². The smallest absolute Gasteiger partial charge is 0.123 e. The quantitative estimate of drug-likeness (QED) is 0.634. The number of pyridine rings is 1. The molecule has 0 aliphatic carbocycles. The molecule has 2 heteroatoms. The molecule has 0 unspecified atom stereocenters. The Morgan fingerprint density at radius 3 is 2.80 bits per heavy atom. The SMILES string of the molecule is C/C=C\c1ccc(N)nc1. The van der Waals surface area contributed by atoms with Gasteiger partial charge >= 0.3 is 0 Å². The van der Waals surface area contributed by atoms with Crippen LogP contribution in [0, 0.1) is 0 Å². The largest absolute Gasteiger partial charge is 0.384 e. The number of aromatic nitrogens is 1. The first-order valence-corrected chi connectivity index (χ1v) is 3.17. The van der Waals surface area contributed by atoms with Crippen molar-refractivity contribution in [2.45, 2.75) is 6.92 Å². The second-order valence-electron chi connectivity index (χ2n) is 2.02. The molecule has 1 aromatic rings. The second kappa shape index (κ2) is 3.01. The lowest BCUT2D eigenvalue weighted by atomic mass is 10.2. The van der Waals surface area contributed by atoms with Crippen molar-refractivity contribution in [3.8, 4) is 0 Å². The minimum Gasteiger partial charge on any atom is -0.384 e. The van der Waals surface area contributed by atoms with Crippen molar-refractivity contribution < 1.29 is 0 Å². The Hall–Kier alpha value is -1.31. The Labute approximate surface area is 60.4 Å². The maximum Gasteiger partial charge on any atom is 0.123 e. The van der Waals surface area contributed by atoms with E-state index in [-0.39, 0.29) is 0 Å². The van der Waals surface area contributed by atoms with Crippen molar-refractivity contribution in [1.29, 1.82) is 0 Å². The summed E-state index contributed by atoms with van der Waals surface area (Å²) in [6.45, 7) is 1.97. The zero-order valence-electron chi connectivity index (χ0n) is 5.91. The number of hydrogen-bond acceptors (Lipinski definition) is 2. The molecule has 2 N–H and O–H groups in total. The molecule has 10 heavy (non-hydrogen) atoms. The van der Waals surface area contributed by atoms with E-state index in [1.54, 1.807) is 12.3 Å². The third-order valence-corrected chi connectivity index (χ3v) is 1.17. The zero-order valence-corrected chi connectivity index (χ0v) is 5.91. The summed E-state index contributed by atoms with van der Waals surface area (Å²) in [4.78, 5) is 3.92. The Morgan fingerprint density at radius 1 is 1.50 bits per heavy atom. The molecular formula is C8H10N2. The van der Waals surface area contributed by atoms with Crippen molar-refractivity contribution >= 4 is 11.9 Å². The highest BCUT2D eigenvalue weighted by molar-refractivity contribution is 5.49. The molecule has 0 amide bonds. The van der Waals surface area contributed by atoms with Gasteiger partial charge in [-0.1, -0.05) is 12.2 Å². The Morgan fingerprint density at radius 2 is 2.30 bits per heavy atom. The van der Waals surface area contributed by atoms with Gasteiger partial charge in [0.15, 0.2) is 0 Å². The Bertz CT molecular complexity index is 224. The lowest BCUT2D eigenvalue weighted by Gasteiger charge is -1.91. The predicted molar refractivity (Wildman–Crippen MR) is 43.4 cm³/mol.